The van der Waals surface area contributed by atoms with Gasteiger partial charge in [-0.1, -0.05) is 37.1 Å². The lowest BCUT2D eigenvalue weighted by Gasteiger charge is -2.13. The number of nitrogens with one attached hydrogen (secondary N) is 2. The molecule has 1 aromatic rings. The smallest absolute Gasteiger partial charge is 0.314 e. The molecule has 2 amide bonds. The van der Waals surface area contributed by atoms with Crippen LogP contribution in [0, 0.1) is 26.7 Å². The van der Waals surface area contributed by atoms with Gasteiger partial charge in [-0.3, -0.25) is 0 Å². The van der Waals surface area contributed by atoms with Crippen LogP contribution in [0.2, 0.25) is 0 Å². The number of hydrogen-bond acceptors (Lipinski definition) is 1. The molecule has 0 aliphatic heterocycles. The summed E-state index contributed by atoms with van der Waals surface area (Å²) in [5.74, 6) is 0.433. The van der Waals surface area contributed by atoms with Gasteiger partial charge in [-0.15, -0.1) is 0 Å². The van der Waals surface area contributed by atoms with Crippen LogP contribution in [0.25, 0.3) is 0 Å². The van der Waals surface area contributed by atoms with E-state index in [0.29, 0.717) is 5.92 Å². The van der Waals surface area contributed by atoms with Crippen molar-refractivity contribution in [3.63, 3.8) is 0 Å². The van der Waals surface area contributed by atoms with E-state index in [4.69, 9.17) is 0 Å². The molecule has 1 aromatic carbocycles. The first kappa shape index (κ1) is 15.3. The Kier molecular flexibility index (Phi) is 5.16. The van der Waals surface area contributed by atoms with Crippen molar-refractivity contribution in [2.75, 3.05) is 5.32 Å². The molecule has 3 nitrogen and oxygen atoms in total. The van der Waals surface area contributed by atoms with E-state index >= 15 is 0 Å². The number of rotatable bonds is 3. The lowest BCUT2D eigenvalue weighted by Crippen LogP contribution is -2.25. The van der Waals surface area contributed by atoms with Crippen LogP contribution in [0.1, 0.15) is 37.5 Å². The summed E-state index contributed by atoms with van der Waals surface area (Å²) in [6, 6.07) is 3.94. The van der Waals surface area contributed by atoms with Gasteiger partial charge in [-0.2, -0.15) is 0 Å². The first-order chi connectivity index (χ1) is 8.81. The molecule has 3 heteroatoms. The molecule has 0 aliphatic rings. The summed E-state index contributed by atoms with van der Waals surface area (Å²) >= 11 is 0. The third kappa shape index (κ3) is 4.43. The minimum Gasteiger partial charge on any atom is -0.314 e. The molecule has 2 N–H and O–H groups in total. The summed E-state index contributed by atoms with van der Waals surface area (Å²) in [5.41, 5.74) is 5.40. The van der Waals surface area contributed by atoms with Crippen LogP contribution in [0.4, 0.5) is 10.5 Å². The highest BCUT2D eigenvalue weighted by atomic mass is 16.2. The first-order valence-electron chi connectivity index (χ1n) is 6.63. The fourth-order valence-corrected chi connectivity index (χ4v) is 1.87. The molecule has 0 saturated carbocycles. The summed E-state index contributed by atoms with van der Waals surface area (Å²) in [5, 5.41) is 5.67. The number of carbonyl (C=O) groups is 1. The molecular formula is C16H24N2O. The number of benzene rings is 1. The maximum atomic E-state index is 11.9. The highest BCUT2D eigenvalue weighted by Gasteiger charge is 2.07. The summed E-state index contributed by atoms with van der Waals surface area (Å²) < 4.78 is 0. The Hall–Kier alpha value is -1.77. The van der Waals surface area contributed by atoms with Gasteiger partial charge in [0.05, 0.1) is 0 Å². The Morgan fingerprint density at radius 1 is 1.16 bits per heavy atom. The Balaban J connectivity index is 2.76. The van der Waals surface area contributed by atoms with Gasteiger partial charge in [-0.25, -0.2) is 4.79 Å². The predicted molar refractivity (Wildman–Crippen MR) is 81.4 cm³/mol. The highest BCUT2D eigenvalue weighted by molar-refractivity contribution is 5.91. The molecule has 0 saturated heterocycles. The first-order valence-corrected chi connectivity index (χ1v) is 6.63. The topological polar surface area (TPSA) is 41.1 Å². The molecule has 104 valence electrons. The third-order valence-corrected chi connectivity index (χ3v) is 3.26. The van der Waals surface area contributed by atoms with Crippen molar-refractivity contribution >= 4 is 11.7 Å². The molecule has 0 heterocycles. The molecule has 0 spiro atoms. The number of aryl methyl sites for hydroxylation is 3. The number of hydrogen-bond donors (Lipinski definition) is 2. The summed E-state index contributed by atoms with van der Waals surface area (Å²) in [4.78, 5) is 11.9. The quantitative estimate of drug-likeness (QED) is 0.836. The Bertz CT molecular complexity index is 478. The van der Waals surface area contributed by atoms with Gasteiger partial charge >= 0.3 is 6.03 Å². The van der Waals surface area contributed by atoms with Gasteiger partial charge in [0, 0.05) is 11.9 Å². The molecule has 0 radical (unpaired) electrons. The average molecular weight is 260 g/mol. The number of amides is 2. The van der Waals surface area contributed by atoms with E-state index in [1.165, 1.54) is 5.56 Å². The molecule has 0 aliphatic carbocycles. The number of urea groups is 1. The standard InChI is InChI=1S/C16H24N2O/c1-10(2)14(6)9-17-16(19)18-15-12(4)7-11(3)8-13(15)5/h7-10H,1-6H3,(H2,17,18,19)/b14-9+. The van der Waals surface area contributed by atoms with Gasteiger partial charge < -0.3 is 10.6 Å². The van der Waals surface area contributed by atoms with Gasteiger partial charge in [0.1, 0.15) is 0 Å². The highest BCUT2D eigenvalue weighted by Crippen LogP contribution is 2.21. The van der Waals surface area contributed by atoms with Crippen LogP contribution in [0.15, 0.2) is 23.9 Å². The summed E-state index contributed by atoms with van der Waals surface area (Å²) in [7, 11) is 0. The molecule has 0 bridgehead atoms. The molecule has 1 rings (SSSR count). The van der Waals surface area contributed by atoms with E-state index in [0.717, 1.165) is 22.4 Å². The monoisotopic (exact) mass is 260 g/mol. The fraction of sp³-hybridized carbons (Fsp3) is 0.438. The Morgan fingerprint density at radius 2 is 1.68 bits per heavy atom. The van der Waals surface area contributed by atoms with E-state index in [1.54, 1.807) is 6.20 Å². The third-order valence-electron chi connectivity index (χ3n) is 3.26. The zero-order valence-electron chi connectivity index (χ0n) is 12.7. The second-order valence-electron chi connectivity index (χ2n) is 5.42. The van der Waals surface area contributed by atoms with Crippen molar-refractivity contribution in [3.8, 4) is 0 Å². The van der Waals surface area contributed by atoms with E-state index in [-0.39, 0.29) is 6.03 Å². The molecule has 0 unspecified atom stereocenters. The normalized spacial score (nSPS) is 11.6. The van der Waals surface area contributed by atoms with E-state index in [1.807, 2.05) is 20.8 Å². The number of allylic oxidation sites excluding steroid dienone is 1. The van der Waals surface area contributed by atoms with Crippen molar-refractivity contribution < 1.29 is 4.79 Å². The summed E-state index contributed by atoms with van der Waals surface area (Å²) in [6.07, 6.45) is 1.76. The van der Waals surface area contributed by atoms with Gasteiger partial charge in [0.25, 0.3) is 0 Å². The van der Waals surface area contributed by atoms with Crippen LogP contribution in [-0.4, -0.2) is 6.03 Å². The maximum absolute atomic E-state index is 11.9. The van der Waals surface area contributed by atoms with Crippen LogP contribution in [-0.2, 0) is 0 Å². The minimum atomic E-state index is -0.199. The molecular weight excluding hydrogens is 236 g/mol. The lowest BCUT2D eigenvalue weighted by molar-refractivity contribution is 0.255. The van der Waals surface area contributed by atoms with Crippen molar-refractivity contribution in [1.29, 1.82) is 0 Å². The van der Waals surface area contributed by atoms with E-state index < -0.39 is 0 Å². The molecule has 19 heavy (non-hydrogen) atoms. The van der Waals surface area contributed by atoms with E-state index in [9.17, 15) is 4.79 Å². The van der Waals surface area contributed by atoms with Crippen LogP contribution >= 0.6 is 0 Å². The predicted octanol–water partition coefficient (Wildman–Crippen LogP) is 4.29. The second kappa shape index (κ2) is 6.41. The van der Waals surface area contributed by atoms with Crippen LogP contribution < -0.4 is 10.6 Å². The van der Waals surface area contributed by atoms with Crippen molar-refractivity contribution in [3.05, 3.63) is 40.6 Å². The van der Waals surface area contributed by atoms with Crippen molar-refractivity contribution in [2.24, 2.45) is 5.92 Å². The number of anilines is 1. The Labute approximate surface area is 116 Å². The fourth-order valence-electron chi connectivity index (χ4n) is 1.87. The average Bonchev–Trinajstić information content (AvgIpc) is 2.30. The van der Waals surface area contributed by atoms with Gasteiger partial charge in [0.2, 0.25) is 0 Å². The second-order valence-corrected chi connectivity index (χ2v) is 5.42. The van der Waals surface area contributed by atoms with Gasteiger partial charge in [0.15, 0.2) is 0 Å². The zero-order valence-corrected chi connectivity index (χ0v) is 12.7. The molecule has 0 atom stereocenters. The van der Waals surface area contributed by atoms with Gasteiger partial charge in [-0.05, 0) is 44.7 Å². The van der Waals surface area contributed by atoms with Crippen LogP contribution in [0.5, 0.6) is 0 Å². The SMILES string of the molecule is C/C(=C\NC(=O)Nc1c(C)cc(C)cc1C)C(C)C. The van der Waals surface area contributed by atoms with Crippen molar-refractivity contribution in [2.45, 2.75) is 41.5 Å². The minimum absolute atomic E-state index is 0.199. The molecule has 0 aromatic heterocycles. The zero-order chi connectivity index (χ0) is 14.6. The largest absolute Gasteiger partial charge is 0.323 e. The molecule has 0 fully saturated rings. The van der Waals surface area contributed by atoms with Crippen LogP contribution in [0.3, 0.4) is 0 Å². The number of carbonyl (C=O) groups excluding carboxylic acids is 1. The maximum Gasteiger partial charge on any atom is 0.323 e. The Morgan fingerprint density at radius 3 is 2.16 bits per heavy atom. The lowest BCUT2D eigenvalue weighted by atomic mass is 10.1. The summed E-state index contributed by atoms with van der Waals surface area (Å²) in [6.45, 7) is 12.3. The van der Waals surface area contributed by atoms with E-state index in [2.05, 4.69) is 43.5 Å². The van der Waals surface area contributed by atoms with Crippen molar-refractivity contribution in [1.82, 2.24) is 5.32 Å².